The molecule has 0 bridgehead atoms. The molecule has 0 unspecified atom stereocenters. The van der Waals surface area contributed by atoms with Gasteiger partial charge in [-0.25, -0.2) is 4.68 Å². The van der Waals surface area contributed by atoms with E-state index in [1.54, 1.807) is 9.58 Å². The van der Waals surface area contributed by atoms with E-state index in [9.17, 15) is 9.90 Å². The summed E-state index contributed by atoms with van der Waals surface area (Å²) in [6, 6.07) is 8.17. The van der Waals surface area contributed by atoms with Gasteiger partial charge in [0.25, 0.3) is 5.91 Å². The van der Waals surface area contributed by atoms with E-state index < -0.39 is 0 Å². The lowest BCUT2D eigenvalue weighted by atomic mass is 10.1. The monoisotopic (exact) mass is 347 g/mol. The molecule has 2 aromatic rings. The molecule has 5 nitrogen and oxygen atoms in total. The van der Waals surface area contributed by atoms with Gasteiger partial charge in [0.2, 0.25) is 0 Å². The van der Waals surface area contributed by atoms with Crippen molar-refractivity contribution in [3.63, 3.8) is 0 Å². The average Bonchev–Trinajstić information content (AvgIpc) is 2.83. The van der Waals surface area contributed by atoms with Crippen molar-refractivity contribution in [3.8, 4) is 0 Å². The normalized spacial score (nSPS) is 15.8. The Morgan fingerprint density at radius 1 is 1.25 bits per heavy atom. The van der Waals surface area contributed by atoms with Crippen molar-refractivity contribution in [1.82, 2.24) is 14.7 Å². The number of halogens is 1. The van der Waals surface area contributed by atoms with Gasteiger partial charge in [-0.1, -0.05) is 41.4 Å². The van der Waals surface area contributed by atoms with Gasteiger partial charge in [-0.15, -0.1) is 0 Å². The number of amides is 1. The van der Waals surface area contributed by atoms with Crippen LogP contribution in [0, 0.1) is 13.8 Å². The van der Waals surface area contributed by atoms with Gasteiger partial charge in [0.15, 0.2) is 0 Å². The van der Waals surface area contributed by atoms with Crippen LogP contribution in [0.5, 0.6) is 0 Å². The van der Waals surface area contributed by atoms with Crippen molar-refractivity contribution in [2.45, 2.75) is 39.3 Å². The van der Waals surface area contributed by atoms with Gasteiger partial charge >= 0.3 is 0 Å². The lowest BCUT2D eigenvalue weighted by Crippen LogP contribution is -2.40. The zero-order valence-corrected chi connectivity index (χ0v) is 14.8. The molecule has 2 heterocycles. The zero-order valence-electron chi connectivity index (χ0n) is 14.0. The third-order valence-corrected chi connectivity index (χ3v) is 4.87. The van der Waals surface area contributed by atoms with Crippen molar-refractivity contribution >= 4 is 17.5 Å². The number of piperidine rings is 1. The minimum Gasteiger partial charge on any atom is -0.393 e. The predicted octanol–water partition coefficient (Wildman–Crippen LogP) is 2.80. The van der Waals surface area contributed by atoms with E-state index in [2.05, 4.69) is 5.10 Å². The molecule has 0 aliphatic carbocycles. The van der Waals surface area contributed by atoms with E-state index >= 15 is 0 Å². The van der Waals surface area contributed by atoms with Crippen LogP contribution in [0.3, 0.4) is 0 Å². The highest BCUT2D eigenvalue weighted by Crippen LogP contribution is 2.24. The second kappa shape index (κ2) is 6.95. The summed E-state index contributed by atoms with van der Waals surface area (Å²) in [6.07, 6.45) is 0.912. The average molecular weight is 348 g/mol. The van der Waals surface area contributed by atoms with Gasteiger partial charge < -0.3 is 10.0 Å². The maximum absolute atomic E-state index is 12.8. The SMILES string of the molecule is Cc1ccc(Cn2nc(C)c(C(=O)N3CCC(O)CC3)c2Cl)cc1. The summed E-state index contributed by atoms with van der Waals surface area (Å²) in [7, 11) is 0. The molecule has 0 spiro atoms. The maximum Gasteiger partial charge on any atom is 0.258 e. The lowest BCUT2D eigenvalue weighted by Gasteiger charge is -2.29. The first-order chi connectivity index (χ1) is 11.5. The summed E-state index contributed by atoms with van der Waals surface area (Å²) in [5.41, 5.74) is 3.40. The van der Waals surface area contributed by atoms with Crippen molar-refractivity contribution in [3.05, 3.63) is 51.8 Å². The van der Waals surface area contributed by atoms with E-state index in [4.69, 9.17) is 11.6 Å². The molecule has 1 saturated heterocycles. The number of aryl methyl sites for hydroxylation is 2. The van der Waals surface area contributed by atoms with Crippen molar-refractivity contribution in [1.29, 1.82) is 0 Å². The molecule has 1 N–H and O–H groups in total. The molecule has 24 heavy (non-hydrogen) atoms. The molecule has 6 heteroatoms. The molecular weight excluding hydrogens is 326 g/mol. The second-order valence-corrected chi connectivity index (χ2v) is 6.78. The van der Waals surface area contributed by atoms with Crippen molar-refractivity contribution in [2.75, 3.05) is 13.1 Å². The number of hydrogen-bond donors (Lipinski definition) is 1. The molecule has 0 atom stereocenters. The number of benzene rings is 1. The number of nitrogens with zero attached hydrogens (tertiary/aromatic N) is 3. The van der Waals surface area contributed by atoms with Crippen LogP contribution in [0.4, 0.5) is 0 Å². The highest BCUT2D eigenvalue weighted by Gasteiger charge is 2.27. The molecule has 0 radical (unpaired) electrons. The Bertz CT molecular complexity index is 731. The minimum atomic E-state index is -0.310. The smallest absolute Gasteiger partial charge is 0.258 e. The molecule has 1 fully saturated rings. The van der Waals surface area contributed by atoms with Crippen molar-refractivity contribution < 1.29 is 9.90 Å². The highest BCUT2D eigenvalue weighted by atomic mass is 35.5. The Balaban J connectivity index is 1.81. The summed E-state index contributed by atoms with van der Waals surface area (Å²) in [4.78, 5) is 14.5. The number of aromatic nitrogens is 2. The van der Waals surface area contributed by atoms with Gasteiger partial charge in [0, 0.05) is 13.1 Å². The first-order valence-electron chi connectivity index (χ1n) is 8.21. The van der Waals surface area contributed by atoms with E-state index in [0.29, 0.717) is 48.9 Å². The molecule has 1 aromatic heterocycles. The summed E-state index contributed by atoms with van der Waals surface area (Å²) in [5.74, 6) is -0.0976. The quantitative estimate of drug-likeness (QED) is 0.928. The maximum atomic E-state index is 12.8. The standard InChI is InChI=1S/C18H22ClN3O2/c1-12-3-5-14(6-4-12)11-22-17(19)16(13(2)20-22)18(24)21-9-7-15(23)8-10-21/h3-6,15,23H,7-11H2,1-2H3. The fraction of sp³-hybridized carbons (Fsp3) is 0.444. The van der Waals surface area contributed by atoms with Gasteiger partial charge in [0.05, 0.1) is 23.9 Å². The zero-order chi connectivity index (χ0) is 17.3. The number of likely N-dealkylation sites (tertiary alicyclic amines) is 1. The lowest BCUT2D eigenvalue weighted by molar-refractivity contribution is 0.0546. The van der Waals surface area contributed by atoms with Gasteiger partial charge in [-0.2, -0.15) is 5.10 Å². The Kier molecular flexibility index (Phi) is 4.92. The van der Waals surface area contributed by atoms with Crippen LogP contribution in [0.2, 0.25) is 5.15 Å². The number of rotatable bonds is 3. The molecule has 0 saturated carbocycles. The van der Waals surface area contributed by atoms with E-state index in [0.717, 1.165) is 5.56 Å². The number of carbonyl (C=O) groups excluding carboxylic acids is 1. The molecule has 128 valence electrons. The second-order valence-electron chi connectivity index (χ2n) is 6.42. The largest absolute Gasteiger partial charge is 0.393 e. The minimum absolute atomic E-state index is 0.0976. The fourth-order valence-corrected chi connectivity index (χ4v) is 3.31. The number of carbonyl (C=O) groups is 1. The van der Waals surface area contributed by atoms with Gasteiger partial charge in [-0.3, -0.25) is 4.79 Å². The van der Waals surface area contributed by atoms with Crippen LogP contribution in [-0.2, 0) is 6.54 Å². The Morgan fingerprint density at radius 2 is 1.88 bits per heavy atom. The van der Waals surface area contributed by atoms with Crippen LogP contribution in [0.15, 0.2) is 24.3 Å². The van der Waals surface area contributed by atoms with Gasteiger partial charge in [0.1, 0.15) is 5.15 Å². The van der Waals surface area contributed by atoms with Crippen LogP contribution in [0.25, 0.3) is 0 Å². The first kappa shape index (κ1) is 17.0. The molecule has 1 aliphatic heterocycles. The number of aliphatic hydroxyl groups excluding tert-OH is 1. The summed E-state index contributed by atoms with van der Waals surface area (Å²) in [6.45, 7) is 5.49. The topological polar surface area (TPSA) is 58.4 Å². The van der Waals surface area contributed by atoms with Gasteiger partial charge in [-0.05, 0) is 32.3 Å². The number of hydrogen-bond acceptors (Lipinski definition) is 3. The fourth-order valence-electron chi connectivity index (χ4n) is 2.99. The van der Waals surface area contributed by atoms with Crippen molar-refractivity contribution in [2.24, 2.45) is 0 Å². The third-order valence-electron chi connectivity index (χ3n) is 4.48. The summed E-state index contributed by atoms with van der Waals surface area (Å²) in [5, 5.41) is 14.4. The van der Waals surface area contributed by atoms with E-state index in [1.807, 2.05) is 38.1 Å². The van der Waals surface area contributed by atoms with E-state index in [-0.39, 0.29) is 12.0 Å². The molecular formula is C18H22ClN3O2. The van der Waals surface area contributed by atoms with Crippen LogP contribution < -0.4 is 0 Å². The Hall–Kier alpha value is -1.85. The molecule has 1 aliphatic rings. The van der Waals surface area contributed by atoms with Crippen LogP contribution in [0.1, 0.15) is 40.0 Å². The van der Waals surface area contributed by atoms with E-state index in [1.165, 1.54) is 5.56 Å². The van der Waals surface area contributed by atoms with Crippen LogP contribution >= 0.6 is 11.6 Å². The summed E-state index contributed by atoms with van der Waals surface area (Å²) < 4.78 is 1.67. The highest BCUT2D eigenvalue weighted by molar-refractivity contribution is 6.33. The number of aliphatic hydroxyl groups is 1. The predicted molar refractivity (Wildman–Crippen MR) is 93.4 cm³/mol. The molecule has 1 aromatic carbocycles. The molecule has 3 rings (SSSR count). The Morgan fingerprint density at radius 3 is 2.50 bits per heavy atom. The third kappa shape index (κ3) is 3.47. The molecule has 1 amide bonds. The first-order valence-corrected chi connectivity index (χ1v) is 8.59. The summed E-state index contributed by atoms with van der Waals surface area (Å²) >= 11 is 6.46. The Labute approximate surface area is 146 Å². The van der Waals surface area contributed by atoms with Crippen LogP contribution in [-0.4, -0.2) is 44.9 Å².